The molecule has 0 saturated carbocycles. The standard InChI is InChI=1S/C16H17N5O/c1-20-14-13(18-16(20)21-9-5-6-10-21)11-17-15(19-14)22-12-7-3-2-4-8-12/h2-4,7-8,11H,5-6,9-10H2,1H3. The maximum atomic E-state index is 5.70. The summed E-state index contributed by atoms with van der Waals surface area (Å²) in [5.41, 5.74) is 1.59. The van der Waals surface area contributed by atoms with Crippen molar-refractivity contribution in [3.63, 3.8) is 0 Å². The molecule has 112 valence electrons. The Labute approximate surface area is 128 Å². The molecular weight excluding hydrogens is 278 g/mol. The van der Waals surface area contributed by atoms with Crippen molar-refractivity contribution in [2.45, 2.75) is 12.8 Å². The van der Waals surface area contributed by atoms with Gasteiger partial charge in [-0.2, -0.15) is 4.98 Å². The highest BCUT2D eigenvalue weighted by Gasteiger charge is 2.19. The molecule has 0 radical (unpaired) electrons. The lowest BCUT2D eigenvalue weighted by atomic mass is 10.3. The monoisotopic (exact) mass is 295 g/mol. The molecule has 1 saturated heterocycles. The van der Waals surface area contributed by atoms with Gasteiger partial charge < -0.3 is 9.64 Å². The molecule has 6 heteroatoms. The summed E-state index contributed by atoms with van der Waals surface area (Å²) in [6, 6.07) is 9.89. The van der Waals surface area contributed by atoms with Gasteiger partial charge in [0, 0.05) is 20.1 Å². The Balaban J connectivity index is 1.69. The molecule has 1 aromatic carbocycles. The maximum absolute atomic E-state index is 5.70. The van der Waals surface area contributed by atoms with Crippen LogP contribution in [0, 0.1) is 0 Å². The van der Waals surface area contributed by atoms with Crippen LogP contribution in [0.4, 0.5) is 5.95 Å². The van der Waals surface area contributed by atoms with Crippen molar-refractivity contribution in [1.29, 1.82) is 0 Å². The lowest BCUT2D eigenvalue weighted by molar-refractivity contribution is 0.443. The SMILES string of the molecule is Cn1c(N2CCCC2)nc2cnc(Oc3ccccc3)nc21. The summed E-state index contributed by atoms with van der Waals surface area (Å²) in [5.74, 6) is 1.68. The van der Waals surface area contributed by atoms with Crippen LogP contribution in [0.15, 0.2) is 36.5 Å². The van der Waals surface area contributed by atoms with Crippen molar-refractivity contribution in [3.8, 4) is 11.8 Å². The molecule has 1 aliphatic heterocycles. The number of rotatable bonds is 3. The van der Waals surface area contributed by atoms with Crippen molar-refractivity contribution in [2.75, 3.05) is 18.0 Å². The second kappa shape index (κ2) is 5.29. The van der Waals surface area contributed by atoms with E-state index in [0.717, 1.165) is 36.0 Å². The molecule has 0 aliphatic carbocycles. The van der Waals surface area contributed by atoms with Crippen LogP contribution in [-0.4, -0.2) is 32.6 Å². The van der Waals surface area contributed by atoms with E-state index >= 15 is 0 Å². The van der Waals surface area contributed by atoms with E-state index < -0.39 is 0 Å². The van der Waals surface area contributed by atoms with Crippen LogP contribution >= 0.6 is 0 Å². The average molecular weight is 295 g/mol. The largest absolute Gasteiger partial charge is 0.424 e. The van der Waals surface area contributed by atoms with Crippen molar-refractivity contribution in [2.24, 2.45) is 7.05 Å². The summed E-state index contributed by atoms with van der Waals surface area (Å²) in [5, 5.41) is 0. The fourth-order valence-corrected chi connectivity index (χ4v) is 2.80. The third-order valence-electron chi connectivity index (χ3n) is 3.91. The number of hydrogen-bond acceptors (Lipinski definition) is 5. The lowest BCUT2D eigenvalue weighted by Gasteiger charge is -2.15. The van der Waals surface area contributed by atoms with Crippen LogP contribution < -0.4 is 9.64 Å². The third kappa shape index (κ3) is 2.26. The Kier molecular flexibility index (Phi) is 3.14. The van der Waals surface area contributed by atoms with Crippen LogP contribution in [0.25, 0.3) is 11.2 Å². The van der Waals surface area contributed by atoms with Gasteiger partial charge in [-0.25, -0.2) is 9.97 Å². The highest BCUT2D eigenvalue weighted by atomic mass is 16.5. The molecule has 2 aromatic heterocycles. The Bertz CT molecular complexity index is 793. The van der Waals surface area contributed by atoms with Crippen LogP contribution in [0.2, 0.25) is 0 Å². The number of nitrogens with zero attached hydrogens (tertiary/aromatic N) is 5. The Hall–Kier alpha value is -2.63. The topological polar surface area (TPSA) is 56.1 Å². The van der Waals surface area contributed by atoms with E-state index in [4.69, 9.17) is 4.74 Å². The molecule has 0 atom stereocenters. The molecular formula is C16H17N5O. The molecule has 4 rings (SSSR count). The summed E-state index contributed by atoms with van der Waals surface area (Å²) >= 11 is 0. The van der Waals surface area contributed by atoms with E-state index in [9.17, 15) is 0 Å². The molecule has 6 nitrogen and oxygen atoms in total. The molecule has 3 heterocycles. The number of fused-ring (bicyclic) bond motifs is 1. The number of aromatic nitrogens is 4. The lowest BCUT2D eigenvalue weighted by Crippen LogP contribution is -2.21. The first-order chi connectivity index (χ1) is 10.8. The van der Waals surface area contributed by atoms with Gasteiger partial charge in [-0.15, -0.1) is 0 Å². The molecule has 0 N–H and O–H groups in total. The number of benzene rings is 1. The summed E-state index contributed by atoms with van der Waals surface area (Å²) in [6.07, 6.45) is 4.16. The van der Waals surface area contributed by atoms with Gasteiger partial charge in [0.05, 0.1) is 6.20 Å². The zero-order chi connectivity index (χ0) is 14.9. The molecule has 0 unspecified atom stereocenters. The van der Waals surface area contributed by atoms with Crippen molar-refractivity contribution < 1.29 is 4.74 Å². The summed E-state index contributed by atoms with van der Waals surface area (Å²) in [7, 11) is 1.99. The maximum Gasteiger partial charge on any atom is 0.324 e. The van der Waals surface area contributed by atoms with Gasteiger partial charge in [-0.05, 0) is 25.0 Å². The minimum Gasteiger partial charge on any atom is -0.424 e. The van der Waals surface area contributed by atoms with Crippen molar-refractivity contribution in [1.82, 2.24) is 19.5 Å². The fourth-order valence-electron chi connectivity index (χ4n) is 2.80. The third-order valence-corrected chi connectivity index (χ3v) is 3.91. The second-order valence-corrected chi connectivity index (χ2v) is 5.44. The highest BCUT2D eigenvalue weighted by molar-refractivity contribution is 5.74. The van der Waals surface area contributed by atoms with E-state index in [-0.39, 0.29) is 0 Å². The van der Waals surface area contributed by atoms with Crippen molar-refractivity contribution in [3.05, 3.63) is 36.5 Å². The molecule has 3 aromatic rings. The minimum absolute atomic E-state index is 0.342. The molecule has 0 spiro atoms. The van der Waals surface area contributed by atoms with Gasteiger partial charge in [0.15, 0.2) is 5.65 Å². The van der Waals surface area contributed by atoms with Gasteiger partial charge in [0.1, 0.15) is 11.3 Å². The normalized spacial score (nSPS) is 14.7. The summed E-state index contributed by atoms with van der Waals surface area (Å²) in [6.45, 7) is 2.11. The number of ether oxygens (including phenoxy) is 1. The molecule has 0 bridgehead atoms. The van der Waals surface area contributed by atoms with Crippen LogP contribution in [0.5, 0.6) is 11.8 Å². The van der Waals surface area contributed by atoms with E-state index in [0.29, 0.717) is 6.01 Å². The van der Waals surface area contributed by atoms with Crippen LogP contribution in [-0.2, 0) is 7.05 Å². The molecule has 1 fully saturated rings. The Morgan fingerprint density at radius 1 is 1.05 bits per heavy atom. The highest BCUT2D eigenvalue weighted by Crippen LogP contribution is 2.25. The summed E-state index contributed by atoms with van der Waals surface area (Å²) in [4.78, 5) is 15.7. The van der Waals surface area contributed by atoms with Crippen molar-refractivity contribution >= 4 is 17.1 Å². The molecule has 22 heavy (non-hydrogen) atoms. The number of hydrogen-bond donors (Lipinski definition) is 0. The van der Waals surface area contributed by atoms with Gasteiger partial charge in [0.25, 0.3) is 0 Å². The van der Waals surface area contributed by atoms with Gasteiger partial charge in [-0.1, -0.05) is 18.2 Å². The first-order valence-corrected chi connectivity index (χ1v) is 7.48. The number of anilines is 1. The van der Waals surface area contributed by atoms with E-state index in [1.54, 1.807) is 6.20 Å². The average Bonchev–Trinajstić information content (AvgIpc) is 3.17. The van der Waals surface area contributed by atoms with Crippen LogP contribution in [0.1, 0.15) is 12.8 Å². The Morgan fingerprint density at radius 2 is 1.82 bits per heavy atom. The number of aryl methyl sites for hydroxylation is 1. The molecule has 1 aliphatic rings. The summed E-state index contributed by atoms with van der Waals surface area (Å²) < 4.78 is 7.71. The fraction of sp³-hybridized carbons (Fsp3) is 0.312. The van der Waals surface area contributed by atoms with Gasteiger partial charge in [-0.3, -0.25) is 4.57 Å². The van der Waals surface area contributed by atoms with Gasteiger partial charge in [0.2, 0.25) is 5.95 Å². The van der Waals surface area contributed by atoms with E-state index in [1.165, 1.54) is 12.8 Å². The zero-order valence-electron chi connectivity index (χ0n) is 12.4. The first kappa shape index (κ1) is 13.1. The quantitative estimate of drug-likeness (QED) is 0.743. The smallest absolute Gasteiger partial charge is 0.324 e. The number of imidazole rings is 1. The van der Waals surface area contributed by atoms with E-state index in [2.05, 4.69) is 19.9 Å². The van der Waals surface area contributed by atoms with Gasteiger partial charge >= 0.3 is 6.01 Å². The predicted octanol–water partition coefficient (Wildman–Crippen LogP) is 2.76. The first-order valence-electron chi connectivity index (χ1n) is 7.48. The van der Waals surface area contributed by atoms with E-state index in [1.807, 2.05) is 41.9 Å². The zero-order valence-corrected chi connectivity index (χ0v) is 12.4. The minimum atomic E-state index is 0.342. The predicted molar refractivity (Wildman–Crippen MR) is 84.3 cm³/mol. The molecule has 0 amide bonds. The Morgan fingerprint density at radius 3 is 2.59 bits per heavy atom. The van der Waals surface area contributed by atoms with Crippen LogP contribution in [0.3, 0.4) is 0 Å². The second-order valence-electron chi connectivity index (χ2n) is 5.44. The number of para-hydroxylation sites is 1.